The smallest absolute Gasteiger partial charge is 0.223 e. The van der Waals surface area contributed by atoms with E-state index in [2.05, 4.69) is 38.8 Å². The molecule has 222 valence electrons. The Kier molecular flexibility index (Phi) is 10.2. The van der Waals surface area contributed by atoms with Gasteiger partial charge in [0.05, 0.1) is 24.2 Å². The van der Waals surface area contributed by atoms with E-state index < -0.39 is 0 Å². The van der Waals surface area contributed by atoms with Gasteiger partial charge in [-0.25, -0.2) is 19.3 Å². The summed E-state index contributed by atoms with van der Waals surface area (Å²) >= 11 is 0. The van der Waals surface area contributed by atoms with Gasteiger partial charge in [-0.15, -0.1) is 0 Å². The fourth-order valence-electron chi connectivity index (χ4n) is 5.61. The number of rotatable bonds is 15. The van der Waals surface area contributed by atoms with Gasteiger partial charge in [0.25, 0.3) is 0 Å². The lowest BCUT2D eigenvalue weighted by atomic mass is 10.1. The molecule has 4 aromatic rings. The summed E-state index contributed by atoms with van der Waals surface area (Å²) in [5, 5.41) is 3.36. The number of aryl methyl sites for hydroxylation is 1. The predicted molar refractivity (Wildman–Crippen MR) is 164 cm³/mol. The molecule has 0 saturated carbocycles. The molecule has 8 nitrogen and oxygen atoms in total. The summed E-state index contributed by atoms with van der Waals surface area (Å²) in [7, 11) is 3.44. The number of anilines is 1. The van der Waals surface area contributed by atoms with Gasteiger partial charge in [-0.2, -0.15) is 0 Å². The van der Waals surface area contributed by atoms with Crippen LogP contribution >= 0.6 is 0 Å². The predicted octanol–water partition coefficient (Wildman–Crippen LogP) is 6.39. The number of benzene rings is 2. The van der Waals surface area contributed by atoms with E-state index in [0.29, 0.717) is 5.95 Å². The SMILES string of the molecule is CCCCNc1nccc(-c2c(-c3ccc(F)cc3)nc3n2C(CN(CCCOC)Cc2ccc(OC)cc2)CC3)n1. The highest BCUT2D eigenvalue weighted by Gasteiger charge is 2.32. The number of aromatic nitrogens is 4. The number of nitrogens with one attached hydrogen (secondary N) is 1. The molecule has 0 bridgehead atoms. The Morgan fingerprint density at radius 1 is 1.02 bits per heavy atom. The average Bonchev–Trinajstić information content (AvgIpc) is 3.58. The van der Waals surface area contributed by atoms with Crippen LogP contribution in [-0.2, 0) is 17.7 Å². The molecule has 0 radical (unpaired) electrons. The summed E-state index contributed by atoms with van der Waals surface area (Å²) < 4.78 is 27.0. The first-order valence-electron chi connectivity index (χ1n) is 14.9. The minimum absolute atomic E-state index is 0.212. The first-order valence-corrected chi connectivity index (χ1v) is 14.9. The number of halogens is 1. The largest absolute Gasteiger partial charge is 0.497 e. The van der Waals surface area contributed by atoms with Crippen molar-refractivity contribution in [2.75, 3.05) is 45.8 Å². The topological polar surface area (TPSA) is 77.3 Å². The number of fused-ring (bicyclic) bond motifs is 1. The molecule has 1 aliphatic heterocycles. The summed E-state index contributed by atoms with van der Waals surface area (Å²) in [6, 6.07) is 17.0. The van der Waals surface area contributed by atoms with Gasteiger partial charge in [0.15, 0.2) is 0 Å². The molecular weight excluding hydrogens is 531 g/mol. The molecule has 0 spiro atoms. The molecule has 9 heteroatoms. The van der Waals surface area contributed by atoms with Gasteiger partial charge >= 0.3 is 0 Å². The summed E-state index contributed by atoms with van der Waals surface area (Å²) in [6.07, 6.45) is 6.76. The van der Waals surface area contributed by atoms with Crippen LogP contribution in [0.15, 0.2) is 60.8 Å². The minimum atomic E-state index is -0.264. The summed E-state index contributed by atoms with van der Waals surface area (Å²) in [4.78, 5) is 17.0. The molecule has 1 N–H and O–H groups in total. The quantitative estimate of drug-likeness (QED) is 0.165. The first kappa shape index (κ1) is 29.7. The van der Waals surface area contributed by atoms with Crippen molar-refractivity contribution in [1.29, 1.82) is 0 Å². The van der Waals surface area contributed by atoms with Crippen molar-refractivity contribution in [1.82, 2.24) is 24.4 Å². The van der Waals surface area contributed by atoms with Crippen LogP contribution in [0.3, 0.4) is 0 Å². The standard InChI is InChI=1S/C33H41FN6O2/c1-4-5-18-35-33-36-19-17-29(37-33)32-31(25-9-11-26(34)12-10-25)38-30-16-13-27(40(30)32)23-39(20-6-21-41-2)22-24-7-14-28(42-3)15-8-24/h7-12,14-15,17,19,27H,4-6,13,16,18,20-23H2,1-3H3,(H,35,36,37). The van der Waals surface area contributed by atoms with E-state index in [1.807, 2.05) is 18.2 Å². The molecule has 1 unspecified atom stereocenters. The Labute approximate surface area is 247 Å². The zero-order valence-corrected chi connectivity index (χ0v) is 24.9. The molecule has 42 heavy (non-hydrogen) atoms. The van der Waals surface area contributed by atoms with Crippen LogP contribution in [0.4, 0.5) is 10.3 Å². The second-order valence-electron chi connectivity index (χ2n) is 10.8. The number of methoxy groups -OCH3 is 2. The van der Waals surface area contributed by atoms with E-state index in [1.165, 1.54) is 17.7 Å². The number of imidazole rings is 1. The van der Waals surface area contributed by atoms with Crippen LogP contribution in [0.2, 0.25) is 0 Å². The van der Waals surface area contributed by atoms with Crippen molar-refractivity contribution in [2.24, 2.45) is 0 Å². The van der Waals surface area contributed by atoms with Crippen molar-refractivity contribution in [3.05, 3.63) is 78.0 Å². The van der Waals surface area contributed by atoms with Crippen molar-refractivity contribution in [2.45, 2.75) is 51.6 Å². The molecule has 0 saturated heterocycles. The number of unbranched alkanes of at least 4 members (excludes halogenated alkanes) is 1. The van der Waals surface area contributed by atoms with Crippen LogP contribution in [-0.4, -0.2) is 64.9 Å². The Balaban J connectivity index is 1.49. The normalized spacial score (nSPS) is 14.4. The first-order chi connectivity index (χ1) is 20.6. The molecule has 3 heterocycles. The molecule has 5 rings (SSSR count). The minimum Gasteiger partial charge on any atom is -0.497 e. The highest BCUT2D eigenvalue weighted by molar-refractivity contribution is 5.78. The fraction of sp³-hybridized carbons (Fsp3) is 0.424. The van der Waals surface area contributed by atoms with Gasteiger partial charge in [-0.1, -0.05) is 25.5 Å². The Morgan fingerprint density at radius 2 is 1.83 bits per heavy atom. The van der Waals surface area contributed by atoms with Gasteiger partial charge < -0.3 is 19.4 Å². The van der Waals surface area contributed by atoms with E-state index in [1.54, 1.807) is 32.5 Å². The van der Waals surface area contributed by atoms with E-state index in [9.17, 15) is 4.39 Å². The van der Waals surface area contributed by atoms with Crippen LogP contribution in [0.1, 0.15) is 50.0 Å². The third kappa shape index (κ3) is 7.14. The molecule has 0 aliphatic carbocycles. The van der Waals surface area contributed by atoms with E-state index in [4.69, 9.17) is 19.4 Å². The average molecular weight is 573 g/mol. The Morgan fingerprint density at radius 3 is 2.57 bits per heavy atom. The number of nitrogens with zero attached hydrogens (tertiary/aromatic N) is 5. The summed E-state index contributed by atoms with van der Waals surface area (Å²) in [5.74, 6) is 2.24. The van der Waals surface area contributed by atoms with E-state index in [0.717, 1.165) is 99.1 Å². The van der Waals surface area contributed by atoms with Gasteiger partial charge in [-0.3, -0.25) is 4.90 Å². The molecule has 1 atom stereocenters. The lowest BCUT2D eigenvalue weighted by Crippen LogP contribution is -2.31. The molecular formula is C33H41FN6O2. The maximum absolute atomic E-state index is 13.9. The second-order valence-corrected chi connectivity index (χ2v) is 10.8. The van der Waals surface area contributed by atoms with Crippen LogP contribution < -0.4 is 10.1 Å². The maximum atomic E-state index is 13.9. The van der Waals surface area contributed by atoms with Crippen molar-refractivity contribution < 1.29 is 13.9 Å². The van der Waals surface area contributed by atoms with Gasteiger partial charge in [-0.05, 0) is 67.3 Å². The van der Waals surface area contributed by atoms with Gasteiger partial charge in [0, 0.05) is 64.1 Å². The molecule has 0 fully saturated rings. The molecule has 0 amide bonds. The van der Waals surface area contributed by atoms with Crippen LogP contribution in [0.5, 0.6) is 5.75 Å². The monoisotopic (exact) mass is 572 g/mol. The summed E-state index contributed by atoms with van der Waals surface area (Å²) in [6.45, 7) is 6.31. The van der Waals surface area contributed by atoms with Crippen molar-refractivity contribution in [3.63, 3.8) is 0 Å². The Bertz CT molecular complexity index is 1420. The lowest BCUT2D eigenvalue weighted by molar-refractivity contribution is 0.161. The zero-order valence-electron chi connectivity index (χ0n) is 24.9. The van der Waals surface area contributed by atoms with Gasteiger partial charge in [0.1, 0.15) is 17.4 Å². The number of hydrogen-bond donors (Lipinski definition) is 1. The third-order valence-electron chi connectivity index (χ3n) is 7.74. The van der Waals surface area contributed by atoms with E-state index in [-0.39, 0.29) is 11.9 Å². The molecule has 2 aromatic heterocycles. The second kappa shape index (κ2) is 14.4. The number of hydrogen-bond acceptors (Lipinski definition) is 7. The zero-order chi connectivity index (χ0) is 29.3. The maximum Gasteiger partial charge on any atom is 0.223 e. The third-order valence-corrected chi connectivity index (χ3v) is 7.74. The molecule has 1 aliphatic rings. The Hall–Kier alpha value is -3.82. The highest BCUT2D eigenvalue weighted by atomic mass is 19.1. The number of ether oxygens (including phenoxy) is 2. The lowest BCUT2D eigenvalue weighted by Gasteiger charge is -2.27. The fourth-order valence-corrected chi connectivity index (χ4v) is 5.61. The highest BCUT2D eigenvalue weighted by Crippen LogP contribution is 2.39. The molecule has 2 aromatic carbocycles. The van der Waals surface area contributed by atoms with Gasteiger partial charge in [0.2, 0.25) is 5.95 Å². The van der Waals surface area contributed by atoms with E-state index >= 15 is 0 Å². The van der Waals surface area contributed by atoms with Crippen LogP contribution in [0, 0.1) is 5.82 Å². The van der Waals surface area contributed by atoms with Crippen molar-refractivity contribution >= 4 is 5.95 Å². The summed E-state index contributed by atoms with van der Waals surface area (Å²) in [5.41, 5.74) is 4.72. The van der Waals surface area contributed by atoms with Crippen LogP contribution in [0.25, 0.3) is 22.6 Å². The van der Waals surface area contributed by atoms with Crippen molar-refractivity contribution in [3.8, 4) is 28.4 Å².